The fraction of sp³-hybridized carbons (Fsp3) is 0.478. The third kappa shape index (κ3) is 5.99. The van der Waals surface area contributed by atoms with Gasteiger partial charge in [0.05, 0.1) is 17.3 Å². The summed E-state index contributed by atoms with van der Waals surface area (Å²) < 4.78 is 38.8. The molecule has 1 aromatic heterocycles. The topological polar surface area (TPSA) is 97.8 Å². The van der Waals surface area contributed by atoms with Crippen molar-refractivity contribution in [1.29, 1.82) is 0 Å². The Bertz CT molecular complexity index is 1060. The minimum absolute atomic E-state index is 0.0496. The molecule has 2 aromatic rings. The zero-order valence-electron chi connectivity index (χ0n) is 18.6. The zero-order valence-corrected chi connectivity index (χ0v) is 20.2. The fourth-order valence-electron chi connectivity index (χ4n) is 3.99. The summed E-state index contributed by atoms with van der Waals surface area (Å²) in [5, 5.41) is 3.44. The largest absolute Gasteiger partial charge is 0.486 e. The van der Waals surface area contributed by atoms with Crippen molar-refractivity contribution in [3.8, 4) is 11.5 Å². The Balaban J connectivity index is 1.24. The number of carbonyl (C=O) groups is 1. The summed E-state index contributed by atoms with van der Waals surface area (Å²) in [6.45, 7) is 0.711. The third-order valence-electron chi connectivity index (χ3n) is 5.92. The molecule has 0 spiro atoms. The van der Waals surface area contributed by atoms with Gasteiger partial charge in [0.2, 0.25) is 15.9 Å². The van der Waals surface area contributed by atoms with E-state index in [4.69, 9.17) is 9.47 Å². The average molecular weight is 492 g/mol. The van der Waals surface area contributed by atoms with Crippen LogP contribution in [0.25, 0.3) is 0 Å². The van der Waals surface area contributed by atoms with Gasteiger partial charge in [0, 0.05) is 19.3 Å². The van der Waals surface area contributed by atoms with E-state index < -0.39 is 10.0 Å². The van der Waals surface area contributed by atoms with Gasteiger partial charge in [-0.2, -0.15) is 4.31 Å². The second-order valence-corrected chi connectivity index (χ2v) is 11.2. The van der Waals surface area contributed by atoms with Crippen molar-refractivity contribution in [3.63, 3.8) is 0 Å². The second-order valence-electron chi connectivity index (χ2n) is 8.24. The fourth-order valence-corrected chi connectivity index (χ4v) is 6.03. The van der Waals surface area contributed by atoms with Gasteiger partial charge in [0.15, 0.2) is 11.5 Å². The number of carbonyl (C=O) groups excluding carboxylic acids is 1. The molecule has 178 valence electrons. The molecule has 1 aliphatic heterocycles. The predicted octanol–water partition coefficient (Wildman–Crippen LogP) is 3.08. The van der Waals surface area contributed by atoms with Gasteiger partial charge in [0.1, 0.15) is 17.6 Å². The highest BCUT2D eigenvalue weighted by Crippen LogP contribution is 2.31. The molecule has 33 heavy (non-hydrogen) atoms. The van der Waals surface area contributed by atoms with Crippen molar-refractivity contribution in [3.05, 3.63) is 42.6 Å². The lowest BCUT2D eigenvalue weighted by Crippen LogP contribution is -2.41. The number of hydrogen-bond acceptors (Lipinski definition) is 7. The Morgan fingerprint density at radius 1 is 1.15 bits per heavy atom. The third-order valence-corrected chi connectivity index (χ3v) is 8.76. The molecule has 1 N–H and O–H groups in total. The first-order chi connectivity index (χ1) is 15.9. The molecule has 1 atom stereocenters. The number of sulfonamides is 1. The van der Waals surface area contributed by atoms with E-state index in [1.54, 1.807) is 19.2 Å². The van der Waals surface area contributed by atoms with Crippen LogP contribution in [0.3, 0.4) is 0 Å². The Morgan fingerprint density at radius 2 is 1.91 bits per heavy atom. The lowest BCUT2D eigenvalue weighted by Gasteiger charge is -2.30. The number of pyridine rings is 1. The molecule has 1 amide bonds. The van der Waals surface area contributed by atoms with Crippen molar-refractivity contribution in [2.24, 2.45) is 0 Å². The zero-order chi connectivity index (χ0) is 23.3. The van der Waals surface area contributed by atoms with E-state index >= 15 is 0 Å². The number of hydrogen-bond donors (Lipinski definition) is 1. The first kappa shape index (κ1) is 23.8. The van der Waals surface area contributed by atoms with Gasteiger partial charge in [-0.1, -0.05) is 43.2 Å². The Kier molecular flexibility index (Phi) is 7.77. The van der Waals surface area contributed by atoms with Crippen molar-refractivity contribution in [1.82, 2.24) is 14.6 Å². The molecule has 2 aliphatic rings. The van der Waals surface area contributed by atoms with Crippen LogP contribution in [0.5, 0.6) is 11.5 Å². The van der Waals surface area contributed by atoms with Crippen molar-refractivity contribution in [2.45, 2.75) is 54.2 Å². The van der Waals surface area contributed by atoms with Gasteiger partial charge in [-0.25, -0.2) is 13.4 Å². The number of nitrogens with one attached hydrogen (secondary N) is 1. The van der Waals surface area contributed by atoms with Crippen LogP contribution in [0, 0.1) is 0 Å². The number of rotatable bonds is 8. The average Bonchev–Trinajstić information content (AvgIpc) is 2.86. The van der Waals surface area contributed by atoms with Crippen LogP contribution in [0.4, 0.5) is 0 Å². The van der Waals surface area contributed by atoms with Crippen LogP contribution in [0.15, 0.2) is 52.5 Å². The monoisotopic (exact) mass is 491 g/mol. The quantitative estimate of drug-likeness (QED) is 0.567. The molecule has 10 heteroatoms. The number of para-hydroxylation sites is 2. The van der Waals surface area contributed by atoms with E-state index in [1.807, 2.05) is 24.3 Å². The molecule has 1 aromatic carbocycles. The first-order valence-electron chi connectivity index (χ1n) is 11.2. The van der Waals surface area contributed by atoms with Crippen LogP contribution in [0.1, 0.15) is 32.1 Å². The molecule has 1 saturated carbocycles. The number of amides is 1. The number of benzene rings is 1. The smallest absolute Gasteiger partial charge is 0.244 e. The molecule has 0 bridgehead atoms. The molecule has 0 radical (unpaired) electrons. The van der Waals surface area contributed by atoms with E-state index in [9.17, 15) is 13.2 Å². The highest BCUT2D eigenvalue weighted by molar-refractivity contribution is 7.99. The van der Waals surface area contributed by atoms with Gasteiger partial charge in [-0.05, 0) is 37.1 Å². The Morgan fingerprint density at radius 3 is 2.64 bits per heavy atom. The van der Waals surface area contributed by atoms with Crippen LogP contribution in [0.2, 0.25) is 0 Å². The summed E-state index contributed by atoms with van der Waals surface area (Å²) in [7, 11) is -1.92. The minimum Gasteiger partial charge on any atom is -0.486 e. The van der Waals surface area contributed by atoms with Gasteiger partial charge in [-0.15, -0.1) is 0 Å². The molecule has 1 fully saturated rings. The van der Waals surface area contributed by atoms with Crippen LogP contribution in [-0.2, 0) is 14.8 Å². The van der Waals surface area contributed by atoms with Crippen molar-refractivity contribution < 1.29 is 22.7 Å². The lowest BCUT2D eigenvalue weighted by molar-refractivity contribution is -0.119. The molecule has 0 unspecified atom stereocenters. The van der Waals surface area contributed by atoms with E-state index in [0.717, 1.165) is 25.7 Å². The number of nitrogens with zero attached hydrogens (tertiary/aromatic N) is 2. The minimum atomic E-state index is -3.57. The normalized spacial score (nSPS) is 18.8. The molecular formula is C23H29N3O5S2. The lowest BCUT2D eigenvalue weighted by atomic mass is 9.96. The van der Waals surface area contributed by atoms with E-state index in [0.29, 0.717) is 29.7 Å². The summed E-state index contributed by atoms with van der Waals surface area (Å²) in [4.78, 5) is 16.7. The molecule has 2 heterocycles. The highest BCUT2D eigenvalue weighted by atomic mass is 32.2. The standard InChI is InChI=1S/C23H29N3O5S2/c1-26(17-7-3-2-4-8-17)33(28,29)19-11-12-23(25-14-19)32-16-22(27)24-13-18-15-30-20-9-5-6-10-21(20)31-18/h5-6,9-12,14,17-18H,2-4,7-8,13,15-16H2,1H3,(H,24,27)/t18-/m1/s1. The summed E-state index contributed by atoms with van der Waals surface area (Å²) in [6, 6.07) is 10.7. The van der Waals surface area contributed by atoms with E-state index in [-0.39, 0.29) is 28.7 Å². The highest BCUT2D eigenvalue weighted by Gasteiger charge is 2.29. The number of ether oxygens (including phenoxy) is 2. The molecule has 0 saturated heterocycles. The second kappa shape index (κ2) is 10.8. The van der Waals surface area contributed by atoms with E-state index in [1.165, 1.54) is 28.7 Å². The van der Waals surface area contributed by atoms with Gasteiger partial charge in [0.25, 0.3) is 0 Å². The maximum absolute atomic E-state index is 12.9. The van der Waals surface area contributed by atoms with Crippen LogP contribution < -0.4 is 14.8 Å². The summed E-state index contributed by atoms with van der Waals surface area (Å²) in [5.41, 5.74) is 0. The first-order valence-corrected chi connectivity index (χ1v) is 13.6. The van der Waals surface area contributed by atoms with Gasteiger partial charge >= 0.3 is 0 Å². The number of aromatic nitrogens is 1. The molecule has 1 aliphatic carbocycles. The molecule has 8 nitrogen and oxygen atoms in total. The summed E-state index contributed by atoms with van der Waals surface area (Å²) in [5.74, 6) is 1.39. The SMILES string of the molecule is CN(C1CCCCC1)S(=O)(=O)c1ccc(SCC(=O)NC[C@@H]2COc3ccccc3O2)nc1. The summed E-state index contributed by atoms with van der Waals surface area (Å²) in [6.07, 6.45) is 6.22. The predicted molar refractivity (Wildman–Crippen MR) is 126 cm³/mol. The molecule has 4 rings (SSSR count). The number of thioether (sulfide) groups is 1. The Hall–Kier alpha value is -2.30. The molecular weight excluding hydrogens is 462 g/mol. The van der Waals surface area contributed by atoms with Crippen LogP contribution in [-0.4, -0.2) is 61.7 Å². The maximum Gasteiger partial charge on any atom is 0.244 e. The van der Waals surface area contributed by atoms with Gasteiger partial charge in [-0.3, -0.25) is 4.79 Å². The van der Waals surface area contributed by atoms with Crippen molar-refractivity contribution >= 4 is 27.7 Å². The van der Waals surface area contributed by atoms with Crippen LogP contribution >= 0.6 is 11.8 Å². The maximum atomic E-state index is 12.9. The number of fused-ring (bicyclic) bond motifs is 1. The summed E-state index contributed by atoms with van der Waals surface area (Å²) >= 11 is 1.26. The van der Waals surface area contributed by atoms with E-state index in [2.05, 4.69) is 10.3 Å². The Labute approximate surface area is 199 Å². The van der Waals surface area contributed by atoms with Crippen molar-refractivity contribution in [2.75, 3.05) is 26.0 Å². The van der Waals surface area contributed by atoms with Gasteiger partial charge < -0.3 is 14.8 Å².